The summed E-state index contributed by atoms with van der Waals surface area (Å²) in [6.45, 7) is 3.02. The number of nitrogens with zero attached hydrogens (tertiary/aromatic N) is 3. The van der Waals surface area contributed by atoms with E-state index in [0.717, 1.165) is 5.69 Å². The van der Waals surface area contributed by atoms with Gasteiger partial charge in [0.05, 0.1) is 13.1 Å². The molecule has 7 nitrogen and oxygen atoms in total. The molecule has 0 aliphatic carbocycles. The molecule has 2 aromatic rings. The lowest BCUT2D eigenvalue weighted by Gasteiger charge is -2.20. The van der Waals surface area contributed by atoms with Crippen molar-refractivity contribution in [3.8, 4) is 5.75 Å². The number of rotatable bonds is 9. The molecule has 0 bridgehead atoms. The monoisotopic (exact) mass is 401 g/mol. The Morgan fingerprint density at radius 3 is 2.79 bits per heavy atom. The van der Waals surface area contributed by atoms with Crippen LogP contribution in [-0.4, -0.2) is 61.6 Å². The van der Waals surface area contributed by atoms with Crippen LogP contribution in [0.15, 0.2) is 53.7 Å². The number of aliphatic imine (C=N–C) groups is 1. The van der Waals surface area contributed by atoms with Gasteiger partial charge in [-0.1, -0.05) is 12.1 Å². The number of amides is 1. The maximum absolute atomic E-state index is 13.2. The number of halogens is 1. The van der Waals surface area contributed by atoms with Crippen molar-refractivity contribution in [3.63, 3.8) is 0 Å². The number of hydrogen-bond donors (Lipinski definition) is 2. The quantitative estimate of drug-likeness (QED) is 0.495. The molecule has 8 heteroatoms. The van der Waals surface area contributed by atoms with Gasteiger partial charge < -0.3 is 20.3 Å². The Bertz CT molecular complexity index is 801. The summed E-state index contributed by atoms with van der Waals surface area (Å²) in [6.07, 6.45) is 2.23. The Morgan fingerprint density at radius 2 is 2.10 bits per heavy atom. The van der Waals surface area contributed by atoms with Crippen LogP contribution in [0.1, 0.15) is 12.6 Å². The predicted molar refractivity (Wildman–Crippen MR) is 111 cm³/mol. The highest BCUT2D eigenvalue weighted by Crippen LogP contribution is 2.13. The first-order chi connectivity index (χ1) is 14.0. The molecule has 2 N–H and O–H groups in total. The van der Waals surface area contributed by atoms with Crippen LogP contribution in [0.25, 0.3) is 0 Å². The van der Waals surface area contributed by atoms with Crippen LogP contribution >= 0.6 is 0 Å². The van der Waals surface area contributed by atoms with E-state index in [2.05, 4.69) is 20.6 Å². The molecule has 0 saturated carbocycles. The summed E-state index contributed by atoms with van der Waals surface area (Å²) in [4.78, 5) is 22.3. The summed E-state index contributed by atoms with van der Waals surface area (Å²) in [7, 11) is 3.39. The van der Waals surface area contributed by atoms with Gasteiger partial charge in [-0.3, -0.25) is 14.8 Å². The molecule has 29 heavy (non-hydrogen) atoms. The summed E-state index contributed by atoms with van der Waals surface area (Å²) in [5, 5.41) is 6.09. The molecule has 1 aromatic carbocycles. The van der Waals surface area contributed by atoms with Gasteiger partial charge in [-0.05, 0) is 31.2 Å². The van der Waals surface area contributed by atoms with Crippen LogP contribution in [0.4, 0.5) is 4.39 Å². The Morgan fingerprint density at radius 1 is 1.28 bits per heavy atom. The lowest BCUT2D eigenvalue weighted by atomic mass is 10.2. The van der Waals surface area contributed by atoms with Crippen molar-refractivity contribution in [2.75, 3.05) is 33.7 Å². The van der Waals surface area contributed by atoms with Gasteiger partial charge in [0.1, 0.15) is 17.7 Å². The van der Waals surface area contributed by atoms with Gasteiger partial charge in [0.15, 0.2) is 5.96 Å². The summed E-state index contributed by atoms with van der Waals surface area (Å²) in [5.74, 6) is 0.567. The molecule has 1 unspecified atom stereocenters. The number of carbonyl (C=O) groups is 1. The highest BCUT2D eigenvalue weighted by Gasteiger charge is 2.11. The third-order valence-corrected chi connectivity index (χ3v) is 4.18. The molecule has 0 aliphatic rings. The van der Waals surface area contributed by atoms with Crippen molar-refractivity contribution in [3.05, 3.63) is 60.2 Å². The summed E-state index contributed by atoms with van der Waals surface area (Å²) < 4.78 is 18.9. The third-order valence-electron chi connectivity index (χ3n) is 4.18. The number of hydrogen-bond acceptors (Lipinski definition) is 4. The molecule has 1 atom stereocenters. The summed E-state index contributed by atoms with van der Waals surface area (Å²) >= 11 is 0. The lowest BCUT2D eigenvalue weighted by molar-refractivity contribution is -0.128. The number of pyridine rings is 1. The number of nitrogens with one attached hydrogen (secondary N) is 2. The van der Waals surface area contributed by atoms with Gasteiger partial charge in [-0.15, -0.1) is 0 Å². The third kappa shape index (κ3) is 8.16. The van der Waals surface area contributed by atoms with E-state index in [9.17, 15) is 9.18 Å². The van der Waals surface area contributed by atoms with Gasteiger partial charge >= 0.3 is 0 Å². The zero-order valence-electron chi connectivity index (χ0n) is 17.1. The van der Waals surface area contributed by atoms with E-state index in [4.69, 9.17) is 4.74 Å². The maximum atomic E-state index is 13.2. The standard InChI is InChI=1S/C21H28FN5O2/c1-16(29-19-9-6-7-17(22)13-19)14-25-21(23-2)26-15-20(28)27(3)12-10-18-8-4-5-11-24-18/h4-9,11,13,16H,10,12,14-15H2,1-3H3,(H2,23,25,26). The second kappa shape index (κ2) is 11.6. The molecule has 1 aromatic heterocycles. The minimum atomic E-state index is -0.342. The normalized spacial score (nSPS) is 12.2. The Hall–Kier alpha value is -3.16. The largest absolute Gasteiger partial charge is 0.489 e. The van der Waals surface area contributed by atoms with E-state index in [-0.39, 0.29) is 24.4 Å². The van der Waals surface area contributed by atoms with Crippen molar-refractivity contribution in [1.29, 1.82) is 0 Å². The molecule has 0 radical (unpaired) electrons. The fourth-order valence-electron chi connectivity index (χ4n) is 2.52. The number of guanidine groups is 1. The van der Waals surface area contributed by atoms with Gasteiger partial charge in [0.2, 0.25) is 5.91 Å². The minimum Gasteiger partial charge on any atom is -0.489 e. The van der Waals surface area contributed by atoms with E-state index >= 15 is 0 Å². The highest BCUT2D eigenvalue weighted by molar-refractivity contribution is 5.86. The first-order valence-corrected chi connectivity index (χ1v) is 9.48. The van der Waals surface area contributed by atoms with Gasteiger partial charge in [0, 0.05) is 45.0 Å². The molecule has 0 aliphatic heterocycles. The second-order valence-electron chi connectivity index (χ2n) is 6.58. The SMILES string of the molecule is CN=C(NCC(=O)N(C)CCc1ccccn1)NCC(C)Oc1cccc(F)c1. The minimum absolute atomic E-state index is 0.0482. The van der Waals surface area contributed by atoms with Crippen molar-refractivity contribution in [1.82, 2.24) is 20.5 Å². The summed E-state index contributed by atoms with van der Waals surface area (Å²) in [6, 6.07) is 11.7. The van der Waals surface area contributed by atoms with Crippen LogP contribution in [0.3, 0.4) is 0 Å². The number of likely N-dealkylation sites (N-methyl/N-ethyl adjacent to an activating group) is 1. The van der Waals surface area contributed by atoms with Crippen LogP contribution in [0, 0.1) is 5.82 Å². The molecular formula is C21H28FN5O2. The lowest BCUT2D eigenvalue weighted by Crippen LogP contribution is -2.46. The highest BCUT2D eigenvalue weighted by atomic mass is 19.1. The Labute approximate surface area is 171 Å². The van der Waals surface area contributed by atoms with E-state index < -0.39 is 0 Å². The van der Waals surface area contributed by atoms with Crippen LogP contribution in [0.5, 0.6) is 5.75 Å². The smallest absolute Gasteiger partial charge is 0.241 e. The molecule has 0 saturated heterocycles. The molecular weight excluding hydrogens is 373 g/mol. The van der Waals surface area contributed by atoms with Crippen molar-refractivity contribution in [2.45, 2.75) is 19.4 Å². The number of aromatic nitrogens is 1. The molecule has 0 fully saturated rings. The number of benzene rings is 1. The Balaban J connectivity index is 1.70. The summed E-state index contributed by atoms with van der Waals surface area (Å²) in [5.41, 5.74) is 0.949. The van der Waals surface area contributed by atoms with Crippen LogP contribution in [-0.2, 0) is 11.2 Å². The average Bonchev–Trinajstić information content (AvgIpc) is 2.72. The zero-order valence-corrected chi connectivity index (χ0v) is 17.1. The predicted octanol–water partition coefficient (Wildman–Crippen LogP) is 1.85. The van der Waals surface area contributed by atoms with E-state index in [1.54, 1.807) is 37.3 Å². The molecule has 2 rings (SSSR count). The van der Waals surface area contributed by atoms with Gasteiger partial charge in [0.25, 0.3) is 0 Å². The fraction of sp³-hybridized carbons (Fsp3) is 0.381. The molecule has 1 amide bonds. The Kier molecular flexibility index (Phi) is 8.88. The van der Waals surface area contributed by atoms with E-state index in [0.29, 0.717) is 31.2 Å². The van der Waals surface area contributed by atoms with Crippen molar-refractivity contribution >= 4 is 11.9 Å². The van der Waals surface area contributed by atoms with Gasteiger partial charge in [-0.2, -0.15) is 0 Å². The molecule has 156 valence electrons. The molecule has 0 spiro atoms. The first kappa shape index (κ1) is 22.1. The van der Waals surface area contributed by atoms with E-state index in [1.165, 1.54) is 12.1 Å². The fourth-order valence-corrected chi connectivity index (χ4v) is 2.52. The zero-order chi connectivity index (χ0) is 21.1. The van der Waals surface area contributed by atoms with Crippen LogP contribution < -0.4 is 15.4 Å². The second-order valence-corrected chi connectivity index (χ2v) is 6.58. The van der Waals surface area contributed by atoms with Gasteiger partial charge in [-0.25, -0.2) is 4.39 Å². The van der Waals surface area contributed by atoms with Crippen molar-refractivity contribution < 1.29 is 13.9 Å². The average molecular weight is 401 g/mol. The molecule has 1 heterocycles. The first-order valence-electron chi connectivity index (χ1n) is 9.48. The van der Waals surface area contributed by atoms with Crippen molar-refractivity contribution in [2.24, 2.45) is 4.99 Å². The number of ether oxygens (including phenoxy) is 1. The van der Waals surface area contributed by atoms with Crippen LogP contribution in [0.2, 0.25) is 0 Å². The van der Waals surface area contributed by atoms with E-state index in [1.807, 2.05) is 25.1 Å². The number of carbonyl (C=O) groups excluding carboxylic acids is 1. The topological polar surface area (TPSA) is 78.9 Å². The maximum Gasteiger partial charge on any atom is 0.241 e.